The van der Waals surface area contributed by atoms with E-state index in [0.717, 1.165) is 52.1 Å². The predicted molar refractivity (Wildman–Crippen MR) is 96.1 cm³/mol. The molecule has 1 aromatic carbocycles. The Hall–Kier alpha value is -1.36. The second kappa shape index (κ2) is 7.47. The zero-order valence-corrected chi connectivity index (χ0v) is 14.4. The summed E-state index contributed by atoms with van der Waals surface area (Å²) in [6, 6.07) is 4.57. The number of hydrogen-bond donors (Lipinski definition) is 2. The third kappa shape index (κ3) is 3.77. The van der Waals surface area contributed by atoms with Crippen LogP contribution in [-0.4, -0.2) is 53.9 Å². The summed E-state index contributed by atoms with van der Waals surface area (Å²) in [5, 5.41) is 14.0. The van der Waals surface area contributed by atoms with E-state index in [1.165, 1.54) is 27.6 Å². The van der Waals surface area contributed by atoms with Gasteiger partial charge in [0.15, 0.2) is 0 Å². The number of piperazine rings is 1. The maximum atomic E-state index is 9.16. The average Bonchev–Trinajstić information content (AvgIpc) is 2.90. The van der Waals surface area contributed by atoms with E-state index in [4.69, 9.17) is 5.11 Å². The van der Waals surface area contributed by atoms with E-state index in [9.17, 15) is 0 Å². The molecule has 2 heterocycles. The van der Waals surface area contributed by atoms with Gasteiger partial charge in [-0.3, -0.25) is 0 Å². The van der Waals surface area contributed by atoms with E-state index in [1.807, 2.05) is 0 Å². The Morgan fingerprint density at radius 3 is 2.65 bits per heavy atom. The Kier molecular flexibility index (Phi) is 5.36. The van der Waals surface area contributed by atoms with Gasteiger partial charge in [-0.2, -0.15) is 0 Å². The van der Waals surface area contributed by atoms with Crippen molar-refractivity contribution in [3.8, 4) is 0 Å². The lowest BCUT2D eigenvalue weighted by Crippen LogP contribution is -2.44. The SMILES string of the molecule is Cc1cc(C)c2c(CCN3CCNCC3)cn(CCCO)c2c1. The first-order valence-corrected chi connectivity index (χ1v) is 8.82. The van der Waals surface area contributed by atoms with Crippen LogP contribution >= 0.6 is 0 Å². The number of aromatic nitrogens is 1. The molecule has 3 rings (SSSR count). The molecule has 1 aliphatic heterocycles. The Labute approximate surface area is 139 Å². The van der Waals surface area contributed by atoms with Gasteiger partial charge in [0.2, 0.25) is 0 Å². The van der Waals surface area contributed by atoms with Crippen molar-refractivity contribution in [2.45, 2.75) is 33.2 Å². The Morgan fingerprint density at radius 1 is 1.13 bits per heavy atom. The molecule has 0 atom stereocenters. The molecule has 1 saturated heterocycles. The average molecular weight is 315 g/mol. The van der Waals surface area contributed by atoms with Gasteiger partial charge in [-0.25, -0.2) is 0 Å². The van der Waals surface area contributed by atoms with Gasteiger partial charge < -0.3 is 19.9 Å². The number of aryl methyl sites for hydroxylation is 3. The third-order valence-corrected chi connectivity index (χ3v) is 4.87. The molecular formula is C19H29N3O. The third-order valence-electron chi connectivity index (χ3n) is 4.87. The summed E-state index contributed by atoms with van der Waals surface area (Å²) in [5.41, 5.74) is 5.46. The van der Waals surface area contributed by atoms with Gasteiger partial charge in [0.1, 0.15) is 0 Å². The molecule has 1 fully saturated rings. The quantitative estimate of drug-likeness (QED) is 0.857. The highest BCUT2D eigenvalue weighted by molar-refractivity contribution is 5.88. The lowest BCUT2D eigenvalue weighted by molar-refractivity contribution is 0.244. The number of nitrogens with one attached hydrogen (secondary N) is 1. The lowest BCUT2D eigenvalue weighted by atomic mass is 10.0. The largest absolute Gasteiger partial charge is 0.396 e. The zero-order valence-electron chi connectivity index (χ0n) is 14.4. The topological polar surface area (TPSA) is 40.4 Å². The van der Waals surface area contributed by atoms with Crippen molar-refractivity contribution >= 4 is 10.9 Å². The van der Waals surface area contributed by atoms with Crippen LogP contribution in [0.4, 0.5) is 0 Å². The van der Waals surface area contributed by atoms with Gasteiger partial charge in [-0.05, 0) is 49.4 Å². The number of aliphatic hydroxyl groups is 1. The predicted octanol–water partition coefficient (Wildman–Crippen LogP) is 2.09. The van der Waals surface area contributed by atoms with Crippen molar-refractivity contribution in [2.24, 2.45) is 0 Å². The summed E-state index contributed by atoms with van der Waals surface area (Å²) in [6.07, 6.45) is 4.23. The molecule has 0 saturated carbocycles. The van der Waals surface area contributed by atoms with Crippen LogP contribution in [0.5, 0.6) is 0 Å². The molecule has 0 unspecified atom stereocenters. The molecule has 0 aliphatic carbocycles. The van der Waals surface area contributed by atoms with Gasteiger partial charge in [0.25, 0.3) is 0 Å². The van der Waals surface area contributed by atoms with Crippen molar-refractivity contribution in [2.75, 3.05) is 39.3 Å². The minimum Gasteiger partial charge on any atom is -0.396 e. The van der Waals surface area contributed by atoms with Crippen molar-refractivity contribution in [1.82, 2.24) is 14.8 Å². The van der Waals surface area contributed by atoms with Gasteiger partial charge >= 0.3 is 0 Å². The monoisotopic (exact) mass is 315 g/mol. The fraction of sp³-hybridized carbons (Fsp3) is 0.579. The Morgan fingerprint density at radius 2 is 1.91 bits per heavy atom. The van der Waals surface area contributed by atoms with Gasteiger partial charge in [0.05, 0.1) is 0 Å². The fourth-order valence-electron chi connectivity index (χ4n) is 3.74. The second-order valence-corrected chi connectivity index (χ2v) is 6.74. The van der Waals surface area contributed by atoms with Crippen molar-refractivity contribution < 1.29 is 5.11 Å². The van der Waals surface area contributed by atoms with E-state index >= 15 is 0 Å². The molecule has 126 valence electrons. The number of rotatable bonds is 6. The van der Waals surface area contributed by atoms with E-state index < -0.39 is 0 Å². The number of aliphatic hydroxyl groups excluding tert-OH is 1. The van der Waals surface area contributed by atoms with Crippen molar-refractivity contribution in [3.63, 3.8) is 0 Å². The zero-order chi connectivity index (χ0) is 16.2. The summed E-state index contributed by atoms with van der Waals surface area (Å²) in [6.45, 7) is 11.2. The number of benzene rings is 1. The molecule has 2 N–H and O–H groups in total. The molecule has 0 spiro atoms. The van der Waals surface area contributed by atoms with Gasteiger partial charge in [0, 0.05) is 63.0 Å². The minimum atomic E-state index is 0.251. The van der Waals surface area contributed by atoms with Crippen LogP contribution in [-0.2, 0) is 13.0 Å². The van der Waals surface area contributed by atoms with Gasteiger partial charge in [-0.15, -0.1) is 0 Å². The van der Waals surface area contributed by atoms with Crippen LogP contribution in [0.3, 0.4) is 0 Å². The van der Waals surface area contributed by atoms with Gasteiger partial charge in [-0.1, -0.05) is 6.07 Å². The smallest absolute Gasteiger partial charge is 0.0488 e. The number of nitrogens with zero attached hydrogens (tertiary/aromatic N) is 2. The molecule has 0 bridgehead atoms. The summed E-state index contributed by atoms with van der Waals surface area (Å²) < 4.78 is 2.33. The highest BCUT2D eigenvalue weighted by Crippen LogP contribution is 2.27. The molecule has 4 heteroatoms. The van der Waals surface area contributed by atoms with E-state index in [-0.39, 0.29) is 6.61 Å². The summed E-state index contributed by atoms with van der Waals surface area (Å²) in [7, 11) is 0. The van der Waals surface area contributed by atoms with Crippen molar-refractivity contribution in [3.05, 3.63) is 35.0 Å². The molecule has 1 aliphatic rings. The van der Waals surface area contributed by atoms with Crippen molar-refractivity contribution in [1.29, 1.82) is 0 Å². The first kappa shape index (κ1) is 16.5. The maximum Gasteiger partial charge on any atom is 0.0488 e. The first-order chi connectivity index (χ1) is 11.2. The summed E-state index contributed by atoms with van der Waals surface area (Å²) in [5.74, 6) is 0. The first-order valence-electron chi connectivity index (χ1n) is 8.82. The summed E-state index contributed by atoms with van der Waals surface area (Å²) in [4.78, 5) is 2.55. The highest BCUT2D eigenvalue weighted by Gasteiger charge is 2.14. The van der Waals surface area contributed by atoms with Crippen LogP contribution in [0.2, 0.25) is 0 Å². The van der Waals surface area contributed by atoms with E-state index in [2.05, 4.69) is 47.0 Å². The molecule has 1 aromatic heterocycles. The summed E-state index contributed by atoms with van der Waals surface area (Å²) >= 11 is 0. The Balaban J connectivity index is 1.86. The molecule has 0 amide bonds. The molecule has 4 nitrogen and oxygen atoms in total. The molecule has 23 heavy (non-hydrogen) atoms. The standard InChI is InChI=1S/C19H29N3O/c1-15-12-16(2)19-17(4-8-21-9-5-20-6-10-21)14-22(7-3-11-23)18(19)13-15/h12-14,20,23H,3-11H2,1-2H3. The molecule has 2 aromatic rings. The van der Waals surface area contributed by atoms with E-state index in [1.54, 1.807) is 0 Å². The van der Waals surface area contributed by atoms with Crippen LogP contribution in [0.15, 0.2) is 18.3 Å². The number of fused-ring (bicyclic) bond motifs is 1. The fourth-order valence-corrected chi connectivity index (χ4v) is 3.74. The second-order valence-electron chi connectivity index (χ2n) is 6.74. The molecular weight excluding hydrogens is 286 g/mol. The van der Waals surface area contributed by atoms with Crippen LogP contribution in [0, 0.1) is 13.8 Å². The van der Waals surface area contributed by atoms with Crippen LogP contribution in [0.1, 0.15) is 23.1 Å². The number of hydrogen-bond acceptors (Lipinski definition) is 3. The van der Waals surface area contributed by atoms with Crippen LogP contribution < -0.4 is 5.32 Å². The van der Waals surface area contributed by atoms with E-state index in [0.29, 0.717) is 0 Å². The minimum absolute atomic E-state index is 0.251. The Bertz CT molecular complexity index is 656. The molecule has 0 radical (unpaired) electrons. The van der Waals surface area contributed by atoms with Crippen LogP contribution in [0.25, 0.3) is 10.9 Å². The normalized spacial score (nSPS) is 16.3. The lowest BCUT2D eigenvalue weighted by Gasteiger charge is -2.27. The maximum absolute atomic E-state index is 9.16. The highest BCUT2D eigenvalue weighted by atomic mass is 16.3.